The zero-order chi connectivity index (χ0) is 24.0. The van der Waals surface area contributed by atoms with Crippen LogP contribution in [0.3, 0.4) is 0 Å². The van der Waals surface area contributed by atoms with E-state index in [1.54, 1.807) is 6.92 Å². The van der Waals surface area contributed by atoms with Crippen molar-refractivity contribution in [1.29, 1.82) is 0 Å². The molecule has 0 aliphatic heterocycles. The first-order valence-electron chi connectivity index (χ1n) is 10.3. The fourth-order valence-electron chi connectivity index (χ4n) is 3.16. The molecule has 33 heavy (non-hydrogen) atoms. The van der Waals surface area contributed by atoms with Crippen molar-refractivity contribution in [2.24, 2.45) is 5.73 Å². The topological polar surface area (TPSA) is 55.5 Å². The number of aliphatic hydroxyl groups is 1. The average Bonchev–Trinajstić information content (AvgIpc) is 2.74. The fourth-order valence-corrected chi connectivity index (χ4v) is 3.16. The van der Waals surface area contributed by atoms with Gasteiger partial charge in [0.1, 0.15) is 5.75 Å². The maximum Gasteiger partial charge on any atom is 0.419 e. The fraction of sp³-hybridized carbons (Fsp3) is 0.478. The Bertz CT molecular complexity index is 865. The van der Waals surface area contributed by atoms with E-state index in [0.29, 0.717) is 36.8 Å². The van der Waals surface area contributed by atoms with Gasteiger partial charge >= 0.3 is 12.4 Å². The van der Waals surface area contributed by atoms with Crippen LogP contribution in [0.5, 0.6) is 5.75 Å². The first-order valence-corrected chi connectivity index (χ1v) is 10.3. The molecule has 0 aliphatic carbocycles. The summed E-state index contributed by atoms with van der Waals surface area (Å²) in [4.78, 5) is 0. The van der Waals surface area contributed by atoms with Crippen LogP contribution in [0.2, 0.25) is 0 Å². The van der Waals surface area contributed by atoms with Crippen molar-refractivity contribution in [3.63, 3.8) is 0 Å². The third-order valence-electron chi connectivity index (χ3n) is 5.43. The van der Waals surface area contributed by atoms with Crippen molar-refractivity contribution in [1.82, 2.24) is 0 Å². The minimum absolute atomic E-state index is 0. The molecule has 2 rings (SSSR count). The second-order valence-electron chi connectivity index (χ2n) is 7.85. The second-order valence-corrected chi connectivity index (χ2v) is 7.85. The Morgan fingerprint density at radius 1 is 0.879 bits per heavy atom. The van der Waals surface area contributed by atoms with Crippen LogP contribution >= 0.6 is 12.4 Å². The highest BCUT2D eigenvalue weighted by Gasteiger charge is 2.35. The van der Waals surface area contributed by atoms with Gasteiger partial charge in [-0.1, -0.05) is 25.1 Å². The van der Waals surface area contributed by atoms with Crippen LogP contribution in [-0.2, 0) is 25.2 Å². The quantitative estimate of drug-likeness (QED) is 0.303. The Balaban J connectivity index is 0.00000544. The number of alkyl halides is 6. The second kappa shape index (κ2) is 11.9. The van der Waals surface area contributed by atoms with Gasteiger partial charge in [0.2, 0.25) is 0 Å². The van der Waals surface area contributed by atoms with Crippen LogP contribution in [0, 0.1) is 0 Å². The van der Waals surface area contributed by atoms with Crippen LogP contribution in [-0.4, -0.2) is 23.9 Å². The third-order valence-corrected chi connectivity index (χ3v) is 5.43. The van der Waals surface area contributed by atoms with Crippen LogP contribution in [0.15, 0.2) is 42.5 Å². The molecule has 0 saturated heterocycles. The SMILES string of the molecule is CC[C@](N)(CO)CCc1ccc(OCCCc2ccc(C(F)(F)F)cc2)c(C(F)(F)F)c1.Cl. The van der Waals surface area contributed by atoms with Gasteiger partial charge in [0, 0.05) is 5.54 Å². The lowest BCUT2D eigenvalue weighted by Gasteiger charge is -2.25. The number of ether oxygens (including phenoxy) is 1. The predicted octanol–water partition coefficient (Wildman–Crippen LogP) is 6.19. The van der Waals surface area contributed by atoms with Crippen molar-refractivity contribution in [3.8, 4) is 5.75 Å². The van der Waals surface area contributed by atoms with Crippen LogP contribution in [0.1, 0.15) is 48.4 Å². The summed E-state index contributed by atoms with van der Waals surface area (Å²) in [6.45, 7) is 1.53. The minimum atomic E-state index is -4.61. The molecule has 186 valence electrons. The zero-order valence-corrected chi connectivity index (χ0v) is 18.9. The Morgan fingerprint density at radius 2 is 1.48 bits per heavy atom. The van der Waals surface area contributed by atoms with Gasteiger partial charge in [-0.05, 0) is 67.5 Å². The van der Waals surface area contributed by atoms with E-state index in [0.717, 1.165) is 18.2 Å². The highest BCUT2D eigenvalue weighted by atomic mass is 35.5. The van der Waals surface area contributed by atoms with E-state index in [-0.39, 0.29) is 37.8 Å². The molecule has 3 N–H and O–H groups in total. The zero-order valence-electron chi connectivity index (χ0n) is 18.1. The van der Waals surface area contributed by atoms with Crippen molar-refractivity contribution >= 4 is 12.4 Å². The third kappa shape index (κ3) is 8.72. The molecule has 0 aromatic heterocycles. The Hall–Kier alpha value is -1.97. The van der Waals surface area contributed by atoms with Crippen molar-refractivity contribution in [2.45, 2.75) is 56.9 Å². The first-order chi connectivity index (χ1) is 14.9. The van der Waals surface area contributed by atoms with Gasteiger partial charge in [0.25, 0.3) is 0 Å². The van der Waals surface area contributed by atoms with Crippen molar-refractivity contribution in [2.75, 3.05) is 13.2 Å². The molecule has 0 heterocycles. The normalized spacial score (nSPS) is 13.8. The molecule has 1 atom stereocenters. The average molecular weight is 500 g/mol. The maximum atomic E-state index is 13.5. The van der Waals surface area contributed by atoms with E-state index in [4.69, 9.17) is 10.5 Å². The summed E-state index contributed by atoms with van der Waals surface area (Å²) < 4.78 is 83.6. The number of hydrogen-bond acceptors (Lipinski definition) is 3. The van der Waals surface area contributed by atoms with Gasteiger partial charge in [0.15, 0.2) is 0 Å². The van der Waals surface area contributed by atoms with Crippen LogP contribution in [0.4, 0.5) is 26.3 Å². The molecular formula is C23H28ClF6NO2. The molecule has 2 aromatic rings. The Kier molecular flexibility index (Phi) is 10.5. The summed E-state index contributed by atoms with van der Waals surface area (Å²) >= 11 is 0. The number of hydrogen-bond donors (Lipinski definition) is 2. The monoisotopic (exact) mass is 499 g/mol. The van der Waals surface area contributed by atoms with Gasteiger partial charge in [-0.3, -0.25) is 0 Å². The standard InChI is InChI=1S/C23H27F6NO2.ClH/c1-2-21(30,15-31)12-11-17-7-10-20(19(14-17)23(27,28)29)32-13-3-4-16-5-8-18(9-6-16)22(24,25)26;/h5-10,14,31H,2-4,11-13,15,30H2,1H3;1H/t21-;/m1./s1. The molecule has 0 radical (unpaired) electrons. The summed E-state index contributed by atoms with van der Waals surface area (Å²) in [5, 5.41) is 9.37. The summed E-state index contributed by atoms with van der Waals surface area (Å²) in [5.74, 6) is -0.301. The molecule has 3 nitrogen and oxygen atoms in total. The summed E-state index contributed by atoms with van der Waals surface area (Å²) in [6, 6.07) is 8.47. The van der Waals surface area contributed by atoms with Gasteiger partial charge in [0.05, 0.1) is 24.3 Å². The number of benzene rings is 2. The maximum absolute atomic E-state index is 13.5. The van der Waals surface area contributed by atoms with Crippen molar-refractivity contribution in [3.05, 3.63) is 64.7 Å². The lowest BCUT2D eigenvalue weighted by atomic mass is 9.90. The molecular weight excluding hydrogens is 472 g/mol. The van der Waals surface area contributed by atoms with E-state index < -0.39 is 29.0 Å². The van der Waals surface area contributed by atoms with Crippen molar-refractivity contribution < 1.29 is 36.2 Å². The van der Waals surface area contributed by atoms with E-state index in [1.165, 1.54) is 24.3 Å². The highest BCUT2D eigenvalue weighted by molar-refractivity contribution is 5.85. The van der Waals surface area contributed by atoms with E-state index in [1.807, 2.05) is 0 Å². The van der Waals surface area contributed by atoms with Gasteiger partial charge in [-0.15, -0.1) is 12.4 Å². The molecule has 0 spiro atoms. The Labute approximate surface area is 195 Å². The molecule has 2 aromatic carbocycles. The van der Waals surface area contributed by atoms with Gasteiger partial charge in [-0.25, -0.2) is 0 Å². The van der Waals surface area contributed by atoms with E-state index in [2.05, 4.69) is 0 Å². The number of nitrogens with two attached hydrogens (primary N) is 1. The first kappa shape index (κ1) is 29.1. The van der Waals surface area contributed by atoms with Crippen LogP contribution < -0.4 is 10.5 Å². The largest absolute Gasteiger partial charge is 0.493 e. The number of rotatable bonds is 10. The highest BCUT2D eigenvalue weighted by Crippen LogP contribution is 2.37. The lowest BCUT2D eigenvalue weighted by Crippen LogP contribution is -2.43. The van der Waals surface area contributed by atoms with E-state index in [9.17, 15) is 31.4 Å². The minimum Gasteiger partial charge on any atom is -0.493 e. The number of halogens is 7. The van der Waals surface area contributed by atoms with E-state index >= 15 is 0 Å². The summed E-state index contributed by atoms with van der Waals surface area (Å²) in [7, 11) is 0. The molecule has 0 aliphatic rings. The molecule has 0 fully saturated rings. The predicted molar refractivity (Wildman–Crippen MR) is 117 cm³/mol. The molecule has 0 saturated carbocycles. The lowest BCUT2D eigenvalue weighted by molar-refractivity contribution is -0.139. The summed E-state index contributed by atoms with van der Waals surface area (Å²) in [5.41, 5.74) is 4.59. The number of aryl methyl sites for hydroxylation is 2. The van der Waals surface area contributed by atoms with Gasteiger partial charge < -0.3 is 15.6 Å². The molecule has 0 amide bonds. The molecule has 10 heteroatoms. The molecule has 0 unspecified atom stereocenters. The summed E-state index contributed by atoms with van der Waals surface area (Å²) in [6.07, 6.45) is -7.20. The number of aliphatic hydroxyl groups excluding tert-OH is 1. The van der Waals surface area contributed by atoms with Gasteiger partial charge in [-0.2, -0.15) is 26.3 Å². The molecule has 0 bridgehead atoms. The smallest absolute Gasteiger partial charge is 0.419 e. The Morgan fingerprint density at radius 3 is 2.00 bits per heavy atom. The van der Waals surface area contributed by atoms with Crippen LogP contribution in [0.25, 0.3) is 0 Å².